The van der Waals surface area contributed by atoms with Crippen molar-refractivity contribution in [1.82, 2.24) is 5.32 Å². The van der Waals surface area contributed by atoms with Gasteiger partial charge in [0, 0.05) is 28.4 Å². The summed E-state index contributed by atoms with van der Waals surface area (Å²) in [5.41, 5.74) is 3.74. The highest BCUT2D eigenvalue weighted by atomic mass is 35.5. The number of amides is 1. The minimum absolute atomic E-state index is 0.00287. The van der Waals surface area contributed by atoms with E-state index in [0.717, 1.165) is 39.6 Å². The number of halogens is 2. The lowest BCUT2D eigenvalue weighted by molar-refractivity contribution is -0.136. The van der Waals surface area contributed by atoms with Gasteiger partial charge in [0.2, 0.25) is 0 Å². The molecule has 2 N–H and O–H groups in total. The minimum atomic E-state index is -0.973. The first-order chi connectivity index (χ1) is 18.3. The van der Waals surface area contributed by atoms with Crippen LogP contribution < -0.4 is 5.32 Å². The van der Waals surface area contributed by atoms with E-state index in [1.165, 1.54) is 23.5 Å². The summed E-state index contributed by atoms with van der Waals surface area (Å²) >= 11 is 7.64. The van der Waals surface area contributed by atoms with Crippen LogP contribution in [0, 0.1) is 17.1 Å². The van der Waals surface area contributed by atoms with Gasteiger partial charge in [0.25, 0.3) is 5.91 Å². The number of aliphatic carboxylic acids is 1. The van der Waals surface area contributed by atoms with Crippen molar-refractivity contribution in [3.05, 3.63) is 105 Å². The fraction of sp³-hybridized carbons (Fsp3) is 0.233. The first-order valence-electron chi connectivity index (χ1n) is 12.3. The van der Waals surface area contributed by atoms with Crippen LogP contribution in [0.1, 0.15) is 70.6 Å². The van der Waals surface area contributed by atoms with Crippen molar-refractivity contribution in [1.29, 1.82) is 5.26 Å². The standard InChI is InChI=1S/C30H26ClFN2O3S/c1-2-3-24(18-4-6-20(7-5-18)30(37)34-13-12-27(35)36)28(19-8-10-22(31)11-9-19)26-17-38-29-21(16-33)14-23(32)15-25(26)29/h4-11,14-15,17,24,28H,2-3,12-13H2,1H3,(H,34,37)(H,35,36). The lowest BCUT2D eigenvalue weighted by atomic mass is 9.75. The number of benzene rings is 3. The minimum Gasteiger partial charge on any atom is -0.481 e. The number of hydrogen-bond acceptors (Lipinski definition) is 4. The highest BCUT2D eigenvalue weighted by Gasteiger charge is 2.29. The molecular weight excluding hydrogens is 523 g/mol. The van der Waals surface area contributed by atoms with E-state index >= 15 is 0 Å². The summed E-state index contributed by atoms with van der Waals surface area (Å²) in [5, 5.41) is 24.4. The highest BCUT2D eigenvalue weighted by molar-refractivity contribution is 7.17. The van der Waals surface area contributed by atoms with Gasteiger partial charge in [0.05, 0.1) is 16.7 Å². The van der Waals surface area contributed by atoms with Crippen LogP contribution in [-0.2, 0) is 4.79 Å². The molecule has 2 unspecified atom stereocenters. The maximum Gasteiger partial charge on any atom is 0.305 e. The first kappa shape index (κ1) is 27.3. The summed E-state index contributed by atoms with van der Waals surface area (Å²) in [4.78, 5) is 23.2. The zero-order valence-corrected chi connectivity index (χ0v) is 22.3. The van der Waals surface area contributed by atoms with Gasteiger partial charge < -0.3 is 10.4 Å². The maximum absolute atomic E-state index is 14.6. The van der Waals surface area contributed by atoms with E-state index in [-0.39, 0.29) is 30.7 Å². The number of nitrogens with zero attached hydrogens (tertiary/aromatic N) is 1. The van der Waals surface area contributed by atoms with Crippen LogP contribution in [0.25, 0.3) is 10.1 Å². The number of hydrogen-bond donors (Lipinski definition) is 2. The van der Waals surface area contributed by atoms with Crippen LogP contribution in [0.15, 0.2) is 66.0 Å². The first-order valence-corrected chi connectivity index (χ1v) is 13.5. The van der Waals surface area contributed by atoms with Crippen LogP contribution in [0.2, 0.25) is 5.02 Å². The Kier molecular flexibility index (Phi) is 8.77. The summed E-state index contributed by atoms with van der Waals surface area (Å²) in [6, 6.07) is 19.9. The van der Waals surface area contributed by atoms with E-state index in [1.807, 2.05) is 41.8 Å². The number of fused-ring (bicyclic) bond motifs is 1. The van der Waals surface area contributed by atoms with Crippen molar-refractivity contribution in [3.8, 4) is 6.07 Å². The molecule has 2 atom stereocenters. The molecule has 1 heterocycles. The van der Waals surface area contributed by atoms with Crippen LogP contribution in [0.4, 0.5) is 4.39 Å². The molecule has 0 aliphatic rings. The topological polar surface area (TPSA) is 90.2 Å². The van der Waals surface area contributed by atoms with Crippen LogP contribution >= 0.6 is 22.9 Å². The highest BCUT2D eigenvalue weighted by Crippen LogP contribution is 2.46. The van der Waals surface area contributed by atoms with Crippen molar-refractivity contribution in [2.24, 2.45) is 0 Å². The molecule has 3 aromatic carbocycles. The number of nitriles is 1. The van der Waals surface area contributed by atoms with Gasteiger partial charge in [0.1, 0.15) is 11.9 Å². The molecule has 0 saturated heterocycles. The van der Waals surface area contributed by atoms with Crippen molar-refractivity contribution in [2.45, 2.75) is 38.0 Å². The molecule has 0 aliphatic carbocycles. The molecule has 0 saturated carbocycles. The van der Waals surface area contributed by atoms with E-state index in [1.54, 1.807) is 12.1 Å². The monoisotopic (exact) mass is 548 g/mol. The molecule has 4 rings (SSSR count). The molecule has 1 amide bonds. The lowest BCUT2D eigenvalue weighted by Gasteiger charge is -2.28. The number of thiophene rings is 1. The molecule has 1 aromatic heterocycles. The second-order valence-corrected chi connectivity index (χ2v) is 10.4. The molecule has 0 radical (unpaired) electrons. The van der Waals surface area contributed by atoms with Crippen LogP contribution in [0.5, 0.6) is 0 Å². The van der Waals surface area contributed by atoms with E-state index < -0.39 is 11.8 Å². The van der Waals surface area contributed by atoms with Gasteiger partial charge in [-0.3, -0.25) is 9.59 Å². The molecule has 0 spiro atoms. The molecular formula is C30H26ClFN2O3S. The smallest absolute Gasteiger partial charge is 0.305 e. The van der Waals surface area contributed by atoms with Crippen molar-refractivity contribution in [3.63, 3.8) is 0 Å². The van der Waals surface area contributed by atoms with E-state index in [0.29, 0.717) is 16.1 Å². The van der Waals surface area contributed by atoms with E-state index in [9.17, 15) is 19.2 Å². The quantitative estimate of drug-likeness (QED) is 0.215. The molecule has 4 aromatic rings. The molecule has 8 heteroatoms. The van der Waals surface area contributed by atoms with Crippen LogP contribution in [-0.4, -0.2) is 23.5 Å². The Labute approximate surface area is 229 Å². The third-order valence-corrected chi connectivity index (χ3v) is 7.88. The fourth-order valence-corrected chi connectivity index (χ4v) is 6.03. The van der Waals surface area contributed by atoms with E-state index in [2.05, 4.69) is 18.3 Å². The number of nitrogens with one attached hydrogen (secondary N) is 1. The number of carbonyl (C=O) groups is 2. The van der Waals surface area contributed by atoms with Crippen LogP contribution in [0.3, 0.4) is 0 Å². The molecule has 0 fully saturated rings. The zero-order chi connectivity index (χ0) is 27.2. The third kappa shape index (κ3) is 6.04. The summed E-state index contributed by atoms with van der Waals surface area (Å²) in [5.74, 6) is -1.91. The van der Waals surface area contributed by atoms with Crippen molar-refractivity contribution < 1.29 is 19.1 Å². The predicted molar refractivity (Wildman–Crippen MR) is 148 cm³/mol. The van der Waals surface area contributed by atoms with Gasteiger partial charge >= 0.3 is 5.97 Å². The van der Waals surface area contributed by atoms with E-state index in [4.69, 9.17) is 16.7 Å². The molecule has 0 bridgehead atoms. The Morgan fingerprint density at radius 3 is 2.42 bits per heavy atom. The fourth-order valence-electron chi connectivity index (χ4n) is 4.85. The summed E-state index contributed by atoms with van der Waals surface area (Å²) in [7, 11) is 0. The Balaban J connectivity index is 1.78. The zero-order valence-electron chi connectivity index (χ0n) is 20.7. The molecule has 38 heavy (non-hydrogen) atoms. The number of rotatable bonds is 10. The van der Waals surface area contributed by atoms with Gasteiger partial charge in [-0.1, -0.05) is 49.2 Å². The molecule has 194 valence electrons. The Morgan fingerprint density at radius 2 is 1.79 bits per heavy atom. The van der Waals surface area contributed by atoms with Crippen molar-refractivity contribution >= 4 is 44.9 Å². The lowest BCUT2D eigenvalue weighted by Crippen LogP contribution is -2.26. The molecule has 0 aliphatic heterocycles. The Morgan fingerprint density at radius 1 is 1.11 bits per heavy atom. The van der Waals surface area contributed by atoms with Gasteiger partial charge in [-0.05, 0) is 70.8 Å². The number of carboxylic acids is 1. The third-order valence-electron chi connectivity index (χ3n) is 6.58. The SMILES string of the molecule is CCCC(c1ccc(C(=O)NCCC(=O)O)cc1)C(c1ccc(Cl)cc1)c1csc2c(C#N)cc(F)cc12. The second kappa shape index (κ2) is 12.2. The number of carbonyl (C=O) groups excluding carboxylic acids is 1. The molecule has 5 nitrogen and oxygen atoms in total. The summed E-state index contributed by atoms with van der Waals surface area (Å²) in [6.45, 7) is 2.16. The average molecular weight is 549 g/mol. The maximum atomic E-state index is 14.6. The Bertz CT molecular complexity index is 1490. The van der Waals surface area contributed by atoms with Gasteiger partial charge in [-0.15, -0.1) is 11.3 Å². The second-order valence-electron chi connectivity index (χ2n) is 9.08. The van der Waals surface area contributed by atoms with Crippen molar-refractivity contribution in [2.75, 3.05) is 6.54 Å². The van der Waals surface area contributed by atoms with Gasteiger partial charge in [0.15, 0.2) is 0 Å². The largest absolute Gasteiger partial charge is 0.481 e. The number of carboxylic acid groups (broad SMARTS) is 1. The van der Waals surface area contributed by atoms with Gasteiger partial charge in [-0.2, -0.15) is 5.26 Å². The predicted octanol–water partition coefficient (Wildman–Crippen LogP) is 7.49. The van der Waals surface area contributed by atoms with Gasteiger partial charge in [-0.25, -0.2) is 4.39 Å². The summed E-state index contributed by atoms with van der Waals surface area (Å²) in [6.07, 6.45) is 1.58. The summed E-state index contributed by atoms with van der Waals surface area (Å²) < 4.78 is 15.3. The normalized spacial score (nSPS) is 12.6. The Hall–Kier alpha value is -3.73. The average Bonchev–Trinajstić information content (AvgIpc) is 3.32.